The lowest BCUT2D eigenvalue weighted by Crippen LogP contribution is -2.28. The Morgan fingerprint density at radius 3 is 2.60 bits per heavy atom. The number of rotatable bonds is 5. The summed E-state index contributed by atoms with van der Waals surface area (Å²) in [5.74, 6) is 6.27. The van der Waals surface area contributed by atoms with Crippen LogP contribution in [0.4, 0.5) is 0 Å². The minimum absolute atomic E-state index is 0.222. The number of aromatic nitrogens is 1. The first-order chi connectivity index (χ1) is 7.13. The Labute approximate surface area is 92.1 Å². The van der Waals surface area contributed by atoms with Crippen molar-refractivity contribution in [3.8, 4) is 0 Å². The van der Waals surface area contributed by atoms with Gasteiger partial charge in [-0.2, -0.15) is 0 Å². The molecule has 1 rings (SSSR count). The van der Waals surface area contributed by atoms with Crippen LogP contribution in [0.5, 0.6) is 0 Å². The molecule has 0 bridgehead atoms. The van der Waals surface area contributed by atoms with Crippen molar-refractivity contribution in [2.24, 2.45) is 11.8 Å². The zero-order chi connectivity index (χ0) is 11.3. The van der Waals surface area contributed by atoms with Crippen LogP contribution in [-0.4, -0.2) is 4.98 Å². The van der Waals surface area contributed by atoms with Crippen LogP contribution in [0.25, 0.3) is 0 Å². The highest BCUT2D eigenvalue weighted by Crippen LogP contribution is 2.20. The van der Waals surface area contributed by atoms with E-state index in [1.54, 1.807) is 0 Å². The van der Waals surface area contributed by atoms with Gasteiger partial charge < -0.3 is 0 Å². The third kappa shape index (κ3) is 3.98. The summed E-state index contributed by atoms with van der Waals surface area (Å²) in [6, 6.07) is 2.36. The lowest BCUT2D eigenvalue weighted by Gasteiger charge is -2.17. The largest absolute Gasteiger partial charge is 0.271 e. The summed E-state index contributed by atoms with van der Waals surface area (Å²) in [4.78, 5) is 4.18. The fraction of sp³-hybridized carbons (Fsp3) is 0.583. The molecule has 15 heavy (non-hydrogen) atoms. The van der Waals surface area contributed by atoms with Gasteiger partial charge >= 0.3 is 0 Å². The van der Waals surface area contributed by atoms with Crippen LogP contribution in [0.2, 0.25) is 0 Å². The molecule has 0 saturated heterocycles. The van der Waals surface area contributed by atoms with Gasteiger partial charge in [-0.05, 0) is 36.8 Å². The molecule has 3 nitrogen and oxygen atoms in total. The van der Waals surface area contributed by atoms with E-state index in [9.17, 15) is 0 Å². The predicted molar refractivity (Wildman–Crippen MR) is 63.1 cm³/mol. The molecule has 0 aliphatic carbocycles. The summed E-state index contributed by atoms with van der Waals surface area (Å²) in [5.41, 5.74) is 5.22. The van der Waals surface area contributed by atoms with Crippen LogP contribution in [0.3, 0.4) is 0 Å². The Bertz CT molecular complexity index is 297. The zero-order valence-corrected chi connectivity index (χ0v) is 9.83. The molecule has 0 aromatic carbocycles. The van der Waals surface area contributed by atoms with E-state index >= 15 is 0 Å². The molecule has 0 saturated carbocycles. The first-order valence-electron chi connectivity index (χ1n) is 5.51. The minimum Gasteiger partial charge on any atom is -0.271 e. The number of hydrogen-bond donors (Lipinski definition) is 2. The Morgan fingerprint density at radius 1 is 1.33 bits per heavy atom. The number of pyridine rings is 1. The third-order valence-electron chi connectivity index (χ3n) is 2.53. The molecule has 84 valence electrons. The molecule has 0 aliphatic rings. The van der Waals surface area contributed by atoms with Crippen LogP contribution in [-0.2, 0) is 0 Å². The maximum absolute atomic E-state index is 5.56. The number of nitrogens with zero attached hydrogens (tertiary/aromatic N) is 1. The van der Waals surface area contributed by atoms with E-state index in [1.807, 2.05) is 19.3 Å². The number of hydrazine groups is 1. The molecule has 0 radical (unpaired) electrons. The number of nitrogens with one attached hydrogen (secondary N) is 1. The van der Waals surface area contributed by atoms with Crippen LogP contribution in [0.15, 0.2) is 18.5 Å². The number of nitrogens with two attached hydrogens (primary N) is 1. The molecular weight excluding hydrogens is 186 g/mol. The van der Waals surface area contributed by atoms with E-state index < -0.39 is 0 Å². The van der Waals surface area contributed by atoms with Crippen LogP contribution < -0.4 is 11.3 Å². The van der Waals surface area contributed by atoms with Crippen molar-refractivity contribution in [3.05, 3.63) is 29.6 Å². The van der Waals surface area contributed by atoms with Crippen molar-refractivity contribution in [2.45, 2.75) is 39.7 Å². The lowest BCUT2D eigenvalue weighted by atomic mass is 9.98. The van der Waals surface area contributed by atoms with Gasteiger partial charge in [0.2, 0.25) is 0 Å². The molecule has 1 unspecified atom stereocenters. The SMILES string of the molecule is Cc1cncc(C(CCC(C)C)NN)c1. The molecule has 0 aliphatic heterocycles. The monoisotopic (exact) mass is 207 g/mol. The molecule has 3 N–H and O–H groups in total. The van der Waals surface area contributed by atoms with Crippen LogP contribution >= 0.6 is 0 Å². The van der Waals surface area contributed by atoms with Gasteiger partial charge in [-0.25, -0.2) is 0 Å². The average Bonchev–Trinajstić information content (AvgIpc) is 2.18. The number of hydrogen-bond acceptors (Lipinski definition) is 3. The van der Waals surface area contributed by atoms with Gasteiger partial charge in [-0.1, -0.05) is 19.9 Å². The molecule has 0 spiro atoms. The molecule has 1 atom stereocenters. The molecule has 3 heteroatoms. The molecule has 1 heterocycles. The first kappa shape index (κ1) is 12.1. The molecule has 1 aromatic heterocycles. The lowest BCUT2D eigenvalue weighted by molar-refractivity contribution is 0.447. The quantitative estimate of drug-likeness (QED) is 0.575. The van der Waals surface area contributed by atoms with Crippen molar-refractivity contribution in [1.82, 2.24) is 10.4 Å². The zero-order valence-electron chi connectivity index (χ0n) is 9.83. The van der Waals surface area contributed by atoms with Gasteiger partial charge in [-0.15, -0.1) is 0 Å². The molecule has 1 aromatic rings. The maximum atomic E-state index is 5.56. The number of aryl methyl sites for hydroxylation is 1. The fourth-order valence-electron chi connectivity index (χ4n) is 1.62. The first-order valence-corrected chi connectivity index (χ1v) is 5.51. The van der Waals surface area contributed by atoms with E-state index in [2.05, 4.69) is 30.3 Å². The third-order valence-corrected chi connectivity index (χ3v) is 2.53. The Kier molecular flexibility index (Phi) is 4.72. The van der Waals surface area contributed by atoms with Crippen molar-refractivity contribution >= 4 is 0 Å². The summed E-state index contributed by atoms with van der Waals surface area (Å²) >= 11 is 0. The van der Waals surface area contributed by atoms with Gasteiger partial charge in [0.1, 0.15) is 0 Å². The van der Waals surface area contributed by atoms with Gasteiger partial charge in [0, 0.05) is 18.4 Å². The second-order valence-electron chi connectivity index (χ2n) is 4.49. The normalized spacial score (nSPS) is 13.1. The van der Waals surface area contributed by atoms with Gasteiger partial charge in [0.05, 0.1) is 0 Å². The van der Waals surface area contributed by atoms with Crippen molar-refractivity contribution in [1.29, 1.82) is 0 Å². The summed E-state index contributed by atoms with van der Waals surface area (Å²) in [7, 11) is 0. The van der Waals surface area contributed by atoms with Crippen molar-refractivity contribution in [2.75, 3.05) is 0 Å². The van der Waals surface area contributed by atoms with Crippen LogP contribution in [0.1, 0.15) is 43.9 Å². The van der Waals surface area contributed by atoms with E-state index in [0.29, 0.717) is 5.92 Å². The van der Waals surface area contributed by atoms with Crippen molar-refractivity contribution < 1.29 is 0 Å². The van der Waals surface area contributed by atoms with E-state index in [4.69, 9.17) is 5.84 Å². The Balaban J connectivity index is 2.65. The summed E-state index contributed by atoms with van der Waals surface area (Å²) < 4.78 is 0. The van der Waals surface area contributed by atoms with Crippen molar-refractivity contribution in [3.63, 3.8) is 0 Å². The minimum atomic E-state index is 0.222. The van der Waals surface area contributed by atoms with E-state index in [1.165, 1.54) is 17.5 Å². The summed E-state index contributed by atoms with van der Waals surface area (Å²) in [6.07, 6.45) is 5.97. The van der Waals surface area contributed by atoms with Gasteiger partial charge in [0.25, 0.3) is 0 Å². The predicted octanol–water partition coefficient (Wildman–Crippen LogP) is 2.33. The second kappa shape index (κ2) is 5.83. The second-order valence-corrected chi connectivity index (χ2v) is 4.49. The summed E-state index contributed by atoms with van der Waals surface area (Å²) in [6.45, 7) is 6.50. The molecule has 0 fully saturated rings. The standard InChI is InChI=1S/C12H21N3/c1-9(2)4-5-12(15-13)11-6-10(3)7-14-8-11/h6-9,12,15H,4-5,13H2,1-3H3. The van der Waals surface area contributed by atoms with E-state index in [-0.39, 0.29) is 6.04 Å². The highest BCUT2D eigenvalue weighted by Gasteiger charge is 2.10. The Hall–Kier alpha value is -0.930. The van der Waals surface area contributed by atoms with Gasteiger partial charge in [-0.3, -0.25) is 16.3 Å². The fourth-order valence-corrected chi connectivity index (χ4v) is 1.62. The highest BCUT2D eigenvalue weighted by molar-refractivity contribution is 5.19. The highest BCUT2D eigenvalue weighted by atomic mass is 15.2. The summed E-state index contributed by atoms with van der Waals surface area (Å²) in [5, 5.41) is 0. The molecular formula is C12H21N3. The smallest absolute Gasteiger partial charge is 0.0475 e. The molecule has 0 amide bonds. The van der Waals surface area contributed by atoms with Crippen LogP contribution in [0, 0.1) is 12.8 Å². The van der Waals surface area contributed by atoms with E-state index in [0.717, 1.165) is 6.42 Å². The topological polar surface area (TPSA) is 50.9 Å². The average molecular weight is 207 g/mol. The maximum Gasteiger partial charge on any atom is 0.0475 e. The van der Waals surface area contributed by atoms with Gasteiger partial charge in [0.15, 0.2) is 0 Å². The Morgan fingerprint density at radius 2 is 2.07 bits per heavy atom.